The van der Waals surface area contributed by atoms with Crippen LogP contribution in [0.25, 0.3) is 16.9 Å². The Kier molecular flexibility index (Phi) is 6.74. The lowest BCUT2D eigenvalue weighted by Gasteiger charge is -2.27. The van der Waals surface area contributed by atoms with Crippen molar-refractivity contribution in [2.24, 2.45) is 5.92 Å². The van der Waals surface area contributed by atoms with Crippen molar-refractivity contribution in [2.45, 2.75) is 33.2 Å². The summed E-state index contributed by atoms with van der Waals surface area (Å²) >= 11 is 0. The molecule has 3 rings (SSSR count). The lowest BCUT2D eigenvalue weighted by molar-refractivity contribution is -0.125. The number of esters is 1. The lowest BCUT2D eigenvalue weighted by atomic mass is 9.90. The third-order valence-electron chi connectivity index (χ3n) is 5.40. The summed E-state index contributed by atoms with van der Waals surface area (Å²) < 4.78 is 6.89. The summed E-state index contributed by atoms with van der Waals surface area (Å²) in [7, 11) is 0. The number of amides is 1. The average molecular weight is 431 g/mol. The largest absolute Gasteiger partial charge is 0.452 e. The van der Waals surface area contributed by atoms with Crippen molar-refractivity contribution in [3.05, 3.63) is 71.9 Å². The fourth-order valence-corrected chi connectivity index (χ4v) is 3.00. The van der Waals surface area contributed by atoms with E-state index in [1.54, 1.807) is 17.8 Å². The van der Waals surface area contributed by atoms with Gasteiger partial charge >= 0.3 is 5.97 Å². The Morgan fingerprint density at radius 1 is 1.16 bits per heavy atom. The van der Waals surface area contributed by atoms with Gasteiger partial charge in [0.2, 0.25) is 0 Å². The van der Waals surface area contributed by atoms with Gasteiger partial charge in [0.15, 0.2) is 6.61 Å². The molecule has 0 saturated heterocycles. The molecule has 7 nitrogen and oxygen atoms in total. The molecule has 1 N–H and O–H groups in total. The van der Waals surface area contributed by atoms with E-state index in [-0.39, 0.29) is 11.5 Å². The molecule has 1 aromatic heterocycles. The van der Waals surface area contributed by atoms with Crippen LogP contribution in [0.1, 0.15) is 36.7 Å². The van der Waals surface area contributed by atoms with Crippen molar-refractivity contribution in [1.29, 1.82) is 5.26 Å². The van der Waals surface area contributed by atoms with E-state index in [2.05, 4.69) is 16.5 Å². The van der Waals surface area contributed by atoms with Gasteiger partial charge in [-0.2, -0.15) is 10.4 Å². The van der Waals surface area contributed by atoms with E-state index in [0.29, 0.717) is 5.69 Å². The molecule has 0 radical (unpaired) electrons. The molecule has 3 aromatic rings. The van der Waals surface area contributed by atoms with Crippen molar-refractivity contribution in [3.8, 4) is 23.0 Å². The highest BCUT2D eigenvalue weighted by atomic mass is 16.5. The zero-order valence-electron chi connectivity index (χ0n) is 18.6. The molecular weight excluding hydrogens is 404 g/mol. The summed E-state index contributed by atoms with van der Waals surface area (Å²) in [5, 5.41) is 16.6. The molecule has 0 fully saturated rings. The van der Waals surface area contributed by atoms with Crippen molar-refractivity contribution in [3.63, 3.8) is 0 Å². The van der Waals surface area contributed by atoms with Crippen LogP contribution in [0, 0.1) is 24.2 Å². The van der Waals surface area contributed by atoms with E-state index in [1.807, 2.05) is 75.4 Å². The van der Waals surface area contributed by atoms with Gasteiger partial charge in [-0.3, -0.25) is 4.79 Å². The fraction of sp³-hybridized carbons (Fsp3) is 0.280. The smallest absolute Gasteiger partial charge is 0.342 e. The second kappa shape index (κ2) is 9.48. The van der Waals surface area contributed by atoms with Gasteiger partial charge in [0.25, 0.3) is 5.91 Å². The first-order valence-corrected chi connectivity index (χ1v) is 10.3. The highest BCUT2D eigenvalue weighted by molar-refractivity contribution is 5.97. The second-order valence-electron chi connectivity index (χ2n) is 8.13. The summed E-state index contributed by atoms with van der Waals surface area (Å²) in [6, 6.07) is 19.2. The number of para-hydroxylation sites is 1. The quantitative estimate of drug-likeness (QED) is 0.570. The molecule has 1 amide bonds. The number of hydrogen-bond donors (Lipinski definition) is 1. The first-order chi connectivity index (χ1) is 15.2. The first-order valence-electron chi connectivity index (χ1n) is 10.3. The topological polar surface area (TPSA) is 97.0 Å². The molecule has 1 unspecified atom stereocenters. The summed E-state index contributed by atoms with van der Waals surface area (Å²) in [5.74, 6) is -1.31. The number of carbonyl (C=O) groups excluding carboxylic acids is 2. The summed E-state index contributed by atoms with van der Waals surface area (Å²) in [4.78, 5) is 25.2. The molecule has 1 atom stereocenters. The normalized spacial score (nSPS) is 12.6. The van der Waals surface area contributed by atoms with E-state index >= 15 is 0 Å². The molecular formula is C25H26N4O3. The molecule has 0 spiro atoms. The minimum atomic E-state index is -1.05. The first kappa shape index (κ1) is 22.8. The zero-order chi connectivity index (χ0) is 23.3. The maximum atomic E-state index is 12.9. The van der Waals surface area contributed by atoms with E-state index in [1.165, 1.54) is 0 Å². The molecule has 0 aliphatic carbocycles. The van der Waals surface area contributed by atoms with Crippen LogP contribution in [0.2, 0.25) is 0 Å². The molecule has 0 aliphatic rings. The third kappa shape index (κ3) is 5.03. The van der Waals surface area contributed by atoms with Crippen LogP contribution < -0.4 is 5.32 Å². The Bertz CT molecular complexity index is 1140. The summed E-state index contributed by atoms with van der Waals surface area (Å²) in [5.41, 5.74) is 2.30. The predicted octanol–water partition coefficient (Wildman–Crippen LogP) is 4.06. The second-order valence-corrected chi connectivity index (χ2v) is 8.13. The number of nitrogens with zero attached hydrogens (tertiary/aromatic N) is 3. The Balaban J connectivity index is 1.85. The number of nitriles is 1. The van der Waals surface area contributed by atoms with Crippen LogP contribution in [-0.4, -0.2) is 33.8 Å². The molecule has 164 valence electrons. The van der Waals surface area contributed by atoms with Gasteiger partial charge in [-0.15, -0.1) is 0 Å². The Labute approximate surface area is 187 Å². The van der Waals surface area contributed by atoms with Crippen LogP contribution in [0.3, 0.4) is 0 Å². The number of aryl methyl sites for hydroxylation is 1. The van der Waals surface area contributed by atoms with E-state index in [4.69, 9.17) is 4.74 Å². The van der Waals surface area contributed by atoms with E-state index in [9.17, 15) is 14.9 Å². The molecule has 0 aliphatic heterocycles. The lowest BCUT2D eigenvalue weighted by Crippen LogP contribution is -2.50. The maximum Gasteiger partial charge on any atom is 0.342 e. The molecule has 2 aromatic carbocycles. The molecule has 32 heavy (non-hydrogen) atoms. The summed E-state index contributed by atoms with van der Waals surface area (Å²) in [6.07, 6.45) is 1.60. The number of ether oxygens (including phenoxy) is 1. The van der Waals surface area contributed by atoms with Gasteiger partial charge in [0.05, 0.1) is 11.8 Å². The van der Waals surface area contributed by atoms with Gasteiger partial charge in [-0.05, 0) is 31.9 Å². The molecule has 0 bridgehead atoms. The van der Waals surface area contributed by atoms with Crippen LogP contribution in [-0.2, 0) is 9.53 Å². The number of aromatic nitrogens is 2. The van der Waals surface area contributed by atoms with Crippen LogP contribution in [0.15, 0.2) is 60.8 Å². The highest BCUT2D eigenvalue weighted by Crippen LogP contribution is 2.25. The van der Waals surface area contributed by atoms with Gasteiger partial charge in [0, 0.05) is 11.8 Å². The predicted molar refractivity (Wildman–Crippen MR) is 121 cm³/mol. The summed E-state index contributed by atoms with van der Waals surface area (Å²) in [6.45, 7) is 6.79. The number of carbonyl (C=O) groups is 2. The standard InChI is InChI=1S/C25H26N4O3/c1-17(2)25(4,16-26)27-22(30)15-32-24(31)21-14-29(20-8-6-5-7-9-20)28-23(21)19-12-10-18(3)11-13-19/h5-14,17H,15H2,1-4H3,(H,27,30). The molecule has 0 saturated carbocycles. The SMILES string of the molecule is Cc1ccc(-c2nn(-c3ccccc3)cc2C(=O)OCC(=O)NC(C)(C#N)C(C)C)cc1. The van der Waals surface area contributed by atoms with Gasteiger partial charge in [-0.1, -0.05) is 61.9 Å². The van der Waals surface area contributed by atoms with Gasteiger partial charge in [0.1, 0.15) is 16.8 Å². The van der Waals surface area contributed by atoms with Crippen LogP contribution in [0.4, 0.5) is 0 Å². The van der Waals surface area contributed by atoms with Crippen molar-refractivity contribution >= 4 is 11.9 Å². The Morgan fingerprint density at radius 3 is 2.41 bits per heavy atom. The van der Waals surface area contributed by atoms with Crippen LogP contribution in [0.5, 0.6) is 0 Å². The number of hydrogen-bond acceptors (Lipinski definition) is 5. The van der Waals surface area contributed by atoms with E-state index in [0.717, 1.165) is 16.8 Å². The Morgan fingerprint density at radius 2 is 1.81 bits per heavy atom. The third-order valence-corrected chi connectivity index (χ3v) is 5.40. The van der Waals surface area contributed by atoms with Gasteiger partial charge < -0.3 is 10.1 Å². The average Bonchev–Trinajstić information content (AvgIpc) is 3.24. The van der Waals surface area contributed by atoms with Crippen molar-refractivity contribution in [2.75, 3.05) is 6.61 Å². The van der Waals surface area contributed by atoms with Gasteiger partial charge in [-0.25, -0.2) is 9.48 Å². The highest BCUT2D eigenvalue weighted by Gasteiger charge is 2.30. The van der Waals surface area contributed by atoms with E-state index < -0.39 is 24.0 Å². The number of rotatable bonds is 7. The maximum absolute atomic E-state index is 12.9. The number of nitrogens with one attached hydrogen (secondary N) is 1. The zero-order valence-corrected chi connectivity index (χ0v) is 18.6. The molecule has 1 heterocycles. The monoisotopic (exact) mass is 430 g/mol. The Hall–Kier alpha value is -3.92. The van der Waals surface area contributed by atoms with Crippen molar-refractivity contribution < 1.29 is 14.3 Å². The molecule has 7 heteroatoms. The fourth-order valence-electron chi connectivity index (χ4n) is 3.00. The van der Waals surface area contributed by atoms with Crippen molar-refractivity contribution in [1.82, 2.24) is 15.1 Å². The van der Waals surface area contributed by atoms with Crippen LogP contribution >= 0.6 is 0 Å². The minimum absolute atomic E-state index is 0.107. The minimum Gasteiger partial charge on any atom is -0.452 e. The number of benzene rings is 2.